The Balaban J connectivity index is 1.79. The second-order valence-electron chi connectivity index (χ2n) is 6.23. The number of halogens is 2. The Labute approximate surface area is 160 Å². The minimum Gasteiger partial charge on any atom is -0.346 e. The molecule has 0 aliphatic heterocycles. The minimum atomic E-state index is -2.67. The number of aromatic nitrogens is 3. The van der Waals surface area contributed by atoms with Crippen molar-refractivity contribution in [3.05, 3.63) is 69.9 Å². The molecule has 3 aromatic heterocycles. The fourth-order valence-corrected chi connectivity index (χ4v) is 3.61. The van der Waals surface area contributed by atoms with Gasteiger partial charge in [-0.25, -0.2) is 8.78 Å². The second kappa shape index (κ2) is 8.39. The number of hydrogen-bond acceptors (Lipinski definition) is 4. The van der Waals surface area contributed by atoms with E-state index < -0.39 is 12.5 Å². The van der Waals surface area contributed by atoms with Gasteiger partial charge in [-0.3, -0.25) is 14.5 Å². The number of carbonyl (C=O) groups is 1. The zero-order valence-electron chi connectivity index (χ0n) is 15.0. The highest BCUT2D eigenvalue weighted by molar-refractivity contribution is 7.09. The van der Waals surface area contributed by atoms with Gasteiger partial charge in [0.25, 0.3) is 6.43 Å². The molecule has 1 amide bonds. The molecule has 1 N–H and O–H groups in total. The predicted octanol–water partition coefficient (Wildman–Crippen LogP) is 4.25. The maximum absolute atomic E-state index is 12.9. The molecular formula is C19H20F2N4OS. The van der Waals surface area contributed by atoms with E-state index in [1.165, 1.54) is 10.7 Å². The average Bonchev–Trinajstić information content (AvgIpc) is 3.30. The van der Waals surface area contributed by atoms with E-state index >= 15 is 0 Å². The molecule has 0 spiro atoms. The first kappa shape index (κ1) is 19.2. The van der Waals surface area contributed by atoms with Crippen LogP contribution < -0.4 is 5.32 Å². The Morgan fingerprint density at radius 3 is 2.67 bits per heavy atom. The van der Waals surface area contributed by atoms with E-state index in [9.17, 15) is 13.6 Å². The lowest BCUT2D eigenvalue weighted by molar-refractivity contribution is -0.125. The molecule has 3 aromatic rings. The van der Waals surface area contributed by atoms with Crippen molar-refractivity contribution in [3.63, 3.8) is 0 Å². The minimum absolute atomic E-state index is 0.297. The molecule has 0 unspecified atom stereocenters. The van der Waals surface area contributed by atoms with Crippen LogP contribution in [0.1, 0.15) is 47.4 Å². The number of carbonyl (C=O) groups excluding carboxylic acids is 1. The van der Waals surface area contributed by atoms with Crippen molar-refractivity contribution >= 4 is 17.2 Å². The van der Waals surface area contributed by atoms with Crippen LogP contribution in [0.3, 0.4) is 0 Å². The van der Waals surface area contributed by atoms with Gasteiger partial charge in [0.2, 0.25) is 5.91 Å². The van der Waals surface area contributed by atoms with Gasteiger partial charge in [0.15, 0.2) is 0 Å². The van der Waals surface area contributed by atoms with Crippen LogP contribution in [0.15, 0.2) is 48.0 Å². The van der Waals surface area contributed by atoms with Crippen LogP contribution in [-0.4, -0.2) is 20.7 Å². The summed E-state index contributed by atoms with van der Waals surface area (Å²) in [6, 6.07) is 9.77. The summed E-state index contributed by atoms with van der Waals surface area (Å²) in [4.78, 5) is 18.3. The van der Waals surface area contributed by atoms with Gasteiger partial charge in [-0.05, 0) is 43.5 Å². The summed E-state index contributed by atoms with van der Waals surface area (Å²) in [5, 5.41) is 8.85. The highest BCUT2D eigenvalue weighted by Gasteiger charge is 2.24. The molecular weight excluding hydrogens is 370 g/mol. The monoisotopic (exact) mass is 390 g/mol. The molecule has 8 heteroatoms. The molecule has 0 aromatic carbocycles. The summed E-state index contributed by atoms with van der Waals surface area (Å²) in [6.45, 7) is 3.30. The number of pyridine rings is 1. The number of aryl methyl sites for hydroxylation is 1. The standard InChI is InChI=1S/C19H20F2N4OS/c1-12-10-17(18(20)21)24-25(12)13(2)19(26)23-16(11-14-6-5-9-27-14)15-7-3-4-8-22-15/h3-10,13,16,18H,11H2,1-2H3,(H,23,26)/t13-,16-/m0/s1. The fraction of sp³-hybridized carbons (Fsp3) is 0.316. The van der Waals surface area contributed by atoms with Crippen molar-refractivity contribution in [2.75, 3.05) is 0 Å². The summed E-state index contributed by atoms with van der Waals surface area (Å²) in [6.07, 6.45) is -0.382. The molecule has 5 nitrogen and oxygen atoms in total. The fourth-order valence-electron chi connectivity index (χ4n) is 2.86. The third-order valence-electron chi connectivity index (χ3n) is 4.26. The van der Waals surface area contributed by atoms with Gasteiger partial charge in [-0.2, -0.15) is 5.10 Å². The number of thiophene rings is 1. The topological polar surface area (TPSA) is 59.8 Å². The van der Waals surface area contributed by atoms with Gasteiger partial charge < -0.3 is 5.32 Å². The largest absolute Gasteiger partial charge is 0.346 e. The third-order valence-corrected chi connectivity index (χ3v) is 5.16. The molecule has 142 valence electrons. The van der Waals surface area contributed by atoms with Crippen LogP contribution in [0.25, 0.3) is 0 Å². The Kier molecular flexibility index (Phi) is 5.95. The van der Waals surface area contributed by atoms with Gasteiger partial charge in [0.1, 0.15) is 11.7 Å². The Bertz CT molecular complexity index is 881. The zero-order chi connectivity index (χ0) is 19.4. The first-order valence-corrected chi connectivity index (χ1v) is 9.41. The highest BCUT2D eigenvalue weighted by atomic mass is 32.1. The first-order chi connectivity index (χ1) is 13.0. The van der Waals surface area contributed by atoms with Gasteiger partial charge in [-0.15, -0.1) is 11.3 Å². The van der Waals surface area contributed by atoms with Crippen LogP contribution >= 0.6 is 11.3 Å². The number of amides is 1. The molecule has 0 fully saturated rings. The SMILES string of the molecule is Cc1cc(C(F)F)nn1[C@@H](C)C(=O)N[C@@H](Cc1cccs1)c1ccccn1. The number of nitrogens with one attached hydrogen (secondary N) is 1. The quantitative estimate of drug-likeness (QED) is 0.656. The Hall–Kier alpha value is -2.61. The van der Waals surface area contributed by atoms with E-state index in [4.69, 9.17) is 0 Å². The number of hydrogen-bond donors (Lipinski definition) is 1. The summed E-state index contributed by atoms with van der Waals surface area (Å²) in [5.74, 6) is -0.297. The molecule has 0 aliphatic carbocycles. The van der Waals surface area contributed by atoms with Gasteiger partial charge in [0.05, 0.1) is 11.7 Å². The summed E-state index contributed by atoms with van der Waals surface area (Å²) in [5.41, 5.74) is 0.935. The molecule has 3 heterocycles. The molecule has 2 atom stereocenters. The van der Waals surface area contributed by atoms with Gasteiger partial charge in [-0.1, -0.05) is 12.1 Å². The molecule has 0 saturated heterocycles. The lowest BCUT2D eigenvalue weighted by Gasteiger charge is -2.21. The summed E-state index contributed by atoms with van der Waals surface area (Å²) < 4.78 is 27.1. The summed E-state index contributed by atoms with van der Waals surface area (Å²) in [7, 11) is 0. The van der Waals surface area contributed by atoms with Crippen molar-refractivity contribution in [2.24, 2.45) is 0 Å². The molecule has 0 saturated carbocycles. The number of nitrogens with zero attached hydrogens (tertiary/aromatic N) is 3. The van der Waals surface area contributed by atoms with Crippen molar-refractivity contribution < 1.29 is 13.6 Å². The van der Waals surface area contributed by atoms with Crippen molar-refractivity contribution in [3.8, 4) is 0 Å². The van der Waals surface area contributed by atoms with Crippen LogP contribution in [-0.2, 0) is 11.2 Å². The van der Waals surface area contributed by atoms with E-state index in [0.29, 0.717) is 12.1 Å². The lowest BCUT2D eigenvalue weighted by Crippen LogP contribution is -2.36. The highest BCUT2D eigenvalue weighted by Crippen LogP contribution is 2.23. The molecule has 27 heavy (non-hydrogen) atoms. The van der Waals surface area contributed by atoms with Crippen LogP contribution in [0.5, 0.6) is 0 Å². The van der Waals surface area contributed by atoms with Gasteiger partial charge in [0, 0.05) is 23.2 Å². The van der Waals surface area contributed by atoms with Gasteiger partial charge >= 0.3 is 0 Å². The Morgan fingerprint density at radius 2 is 2.07 bits per heavy atom. The van der Waals surface area contributed by atoms with Crippen LogP contribution in [0.2, 0.25) is 0 Å². The average molecular weight is 390 g/mol. The normalized spacial score (nSPS) is 13.5. The summed E-state index contributed by atoms with van der Waals surface area (Å²) >= 11 is 1.61. The number of alkyl halides is 2. The maximum atomic E-state index is 12.9. The predicted molar refractivity (Wildman–Crippen MR) is 99.8 cm³/mol. The van der Waals surface area contributed by atoms with Crippen molar-refractivity contribution in [1.82, 2.24) is 20.1 Å². The van der Waals surface area contributed by atoms with Crippen LogP contribution in [0.4, 0.5) is 8.78 Å². The second-order valence-corrected chi connectivity index (χ2v) is 7.26. The van der Waals surface area contributed by atoms with E-state index in [2.05, 4.69) is 15.4 Å². The van der Waals surface area contributed by atoms with Crippen molar-refractivity contribution in [1.29, 1.82) is 0 Å². The zero-order valence-corrected chi connectivity index (χ0v) is 15.8. The van der Waals surface area contributed by atoms with E-state index in [1.807, 2.05) is 35.7 Å². The molecule has 0 radical (unpaired) electrons. The smallest absolute Gasteiger partial charge is 0.282 e. The van der Waals surface area contributed by atoms with E-state index in [-0.39, 0.29) is 17.6 Å². The van der Waals surface area contributed by atoms with Crippen LogP contribution in [0, 0.1) is 6.92 Å². The van der Waals surface area contributed by atoms with E-state index in [1.54, 1.807) is 31.4 Å². The third kappa shape index (κ3) is 4.57. The first-order valence-electron chi connectivity index (χ1n) is 8.53. The molecule has 0 bridgehead atoms. The molecule has 3 rings (SSSR count). The molecule has 0 aliphatic rings. The van der Waals surface area contributed by atoms with E-state index in [0.717, 1.165) is 10.6 Å². The maximum Gasteiger partial charge on any atom is 0.282 e. The lowest BCUT2D eigenvalue weighted by atomic mass is 10.1. The Morgan fingerprint density at radius 1 is 1.26 bits per heavy atom. The van der Waals surface area contributed by atoms with Crippen molar-refractivity contribution in [2.45, 2.75) is 38.8 Å². The number of rotatable bonds is 7.